The van der Waals surface area contributed by atoms with Crippen LogP contribution in [0.3, 0.4) is 0 Å². The topological polar surface area (TPSA) is 50.3 Å². The molecule has 0 aliphatic carbocycles. The van der Waals surface area contributed by atoms with Gasteiger partial charge in [-0.3, -0.25) is 0 Å². The van der Waals surface area contributed by atoms with Gasteiger partial charge in [0.05, 0.1) is 7.11 Å². The highest BCUT2D eigenvalue weighted by Crippen LogP contribution is 2.25. The molecule has 144 valence electrons. The lowest BCUT2D eigenvalue weighted by Gasteiger charge is -2.32. The van der Waals surface area contributed by atoms with Gasteiger partial charge in [0.1, 0.15) is 11.6 Å². The maximum atomic E-state index is 5.28. The van der Waals surface area contributed by atoms with E-state index >= 15 is 0 Å². The standard InChI is InChI=1S/C23H26N4O/c1-28-21-9-5-8-20(17-21)25-22-10-13-24-23(26-22)27-14-11-19(12-15-27)16-18-6-3-2-4-7-18/h2-10,13,17,19H,11-12,14-16H2,1H3,(H,24,25,26). The van der Waals surface area contributed by atoms with Crippen molar-refractivity contribution in [1.29, 1.82) is 0 Å². The normalized spacial score (nSPS) is 14.7. The van der Waals surface area contributed by atoms with Crippen molar-refractivity contribution in [3.63, 3.8) is 0 Å². The van der Waals surface area contributed by atoms with E-state index in [4.69, 9.17) is 9.72 Å². The molecule has 4 rings (SSSR count). The molecule has 0 unspecified atom stereocenters. The third-order valence-electron chi connectivity index (χ3n) is 5.25. The Bertz CT molecular complexity index is 892. The summed E-state index contributed by atoms with van der Waals surface area (Å²) in [7, 11) is 1.67. The van der Waals surface area contributed by atoms with Gasteiger partial charge >= 0.3 is 0 Å². The zero-order valence-electron chi connectivity index (χ0n) is 16.2. The second-order valence-corrected chi connectivity index (χ2v) is 7.22. The highest BCUT2D eigenvalue weighted by Gasteiger charge is 2.21. The Morgan fingerprint density at radius 1 is 1.04 bits per heavy atom. The molecule has 1 saturated heterocycles. The van der Waals surface area contributed by atoms with E-state index in [1.54, 1.807) is 7.11 Å². The first-order valence-corrected chi connectivity index (χ1v) is 9.83. The number of hydrogen-bond donors (Lipinski definition) is 1. The van der Waals surface area contributed by atoms with Crippen molar-refractivity contribution in [2.75, 3.05) is 30.4 Å². The summed E-state index contributed by atoms with van der Waals surface area (Å²) in [5, 5.41) is 3.34. The molecule has 2 heterocycles. The number of rotatable bonds is 6. The van der Waals surface area contributed by atoms with E-state index in [1.165, 1.54) is 18.4 Å². The smallest absolute Gasteiger partial charge is 0.227 e. The second kappa shape index (κ2) is 8.74. The maximum absolute atomic E-state index is 5.28. The quantitative estimate of drug-likeness (QED) is 0.678. The van der Waals surface area contributed by atoms with Crippen LogP contribution in [-0.4, -0.2) is 30.2 Å². The molecule has 1 fully saturated rings. The zero-order chi connectivity index (χ0) is 19.2. The zero-order valence-corrected chi connectivity index (χ0v) is 16.2. The van der Waals surface area contributed by atoms with E-state index in [1.807, 2.05) is 36.5 Å². The average molecular weight is 374 g/mol. The molecule has 1 aliphatic heterocycles. The van der Waals surface area contributed by atoms with Crippen LogP contribution < -0.4 is 15.0 Å². The fourth-order valence-corrected chi connectivity index (χ4v) is 3.70. The summed E-state index contributed by atoms with van der Waals surface area (Å²) in [5.41, 5.74) is 2.38. The van der Waals surface area contributed by atoms with Gasteiger partial charge in [0, 0.05) is 31.0 Å². The van der Waals surface area contributed by atoms with E-state index < -0.39 is 0 Å². The van der Waals surface area contributed by atoms with Gasteiger partial charge < -0.3 is 15.0 Å². The molecule has 0 bridgehead atoms. The fraction of sp³-hybridized carbons (Fsp3) is 0.304. The highest BCUT2D eigenvalue weighted by molar-refractivity contribution is 5.59. The van der Waals surface area contributed by atoms with Gasteiger partial charge in [0.2, 0.25) is 5.95 Å². The molecule has 28 heavy (non-hydrogen) atoms. The number of aromatic nitrogens is 2. The summed E-state index contributed by atoms with van der Waals surface area (Å²) in [6, 6.07) is 20.5. The first kappa shape index (κ1) is 18.3. The van der Waals surface area contributed by atoms with Crippen LogP contribution in [0.25, 0.3) is 0 Å². The number of anilines is 3. The second-order valence-electron chi connectivity index (χ2n) is 7.22. The number of ether oxygens (including phenoxy) is 1. The Balaban J connectivity index is 1.37. The molecule has 0 spiro atoms. The van der Waals surface area contributed by atoms with Gasteiger partial charge in [0.15, 0.2) is 0 Å². The van der Waals surface area contributed by atoms with Crippen molar-refractivity contribution in [2.45, 2.75) is 19.3 Å². The number of nitrogens with one attached hydrogen (secondary N) is 1. The molecular formula is C23H26N4O. The third kappa shape index (κ3) is 4.60. The fourth-order valence-electron chi connectivity index (χ4n) is 3.70. The number of methoxy groups -OCH3 is 1. The van der Waals surface area contributed by atoms with Gasteiger partial charge in [-0.05, 0) is 48.9 Å². The summed E-state index contributed by atoms with van der Waals surface area (Å²) in [6.07, 6.45) is 5.32. The highest BCUT2D eigenvalue weighted by atomic mass is 16.5. The average Bonchev–Trinajstić information content (AvgIpc) is 2.75. The summed E-state index contributed by atoms with van der Waals surface area (Å²) in [5.74, 6) is 3.15. The summed E-state index contributed by atoms with van der Waals surface area (Å²) in [4.78, 5) is 11.5. The minimum atomic E-state index is 0.733. The third-order valence-corrected chi connectivity index (χ3v) is 5.25. The van der Waals surface area contributed by atoms with Crippen LogP contribution in [0, 0.1) is 5.92 Å². The monoisotopic (exact) mass is 374 g/mol. The van der Waals surface area contributed by atoms with Crippen molar-refractivity contribution in [3.8, 4) is 5.75 Å². The van der Waals surface area contributed by atoms with E-state index in [-0.39, 0.29) is 0 Å². The first-order valence-electron chi connectivity index (χ1n) is 9.83. The van der Waals surface area contributed by atoms with Gasteiger partial charge in [-0.15, -0.1) is 0 Å². The van der Waals surface area contributed by atoms with E-state index in [0.29, 0.717) is 0 Å². The predicted molar refractivity (Wildman–Crippen MR) is 113 cm³/mol. The molecular weight excluding hydrogens is 348 g/mol. The Morgan fingerprint density at radius 2 is 1.86 bits per heavy atom. The van der Waals surface area contributed by atoms with Crippen LogP contribution in [0.1, 0.15) is 18.4 Å². The molecule has 5 nitrogen and oxygen atoms in total. The molecule has 0 atom stereocenters. The van der Waals surface area contributed by atoms with E-state index in [9.17, 15) is 0 Å². The lowest BCUT2D eigenvalue weighted by atomic mass is 9.90. The Morgan fingerprint density at radius 3 is 2.64 bits per heavy atom. The summed E-state index contributed by atoms with van der Waals surface area (Å²) in [6.45, 7) is 2.00. The first-order chi connectivity index (χ1) is 13.8. The molecule has 1 aliphatic rings. The molecule has 0 amide bonds. The predicted octanol–water partition coefficient (Wildman–Crippen LogP) is 4.69. The van der Waals surface area contributed by atoms with Crippen LogP contribution >= 0.6 is 0 Å². The Hall–Kier alpha value is -3.08. The maximum Gasteiger partial charge on any atom is 0.227 e. The lowest BCUT2D eigenvalue weighted by Crippen LogP contribution is -2.35. The molecule has 1 N–H and O–H groups in total. The Kier molecular flexibility index (Phi) is 5.71. The molecule has 5 heteroatoms. The molecule has 1 aromatic heterocycles. The minimum absolute atomic E-state index is 0.733. The summed E-state index contributed by atoms with van der Waals surface area (Å²) < 4.78 is 5.28. The minimum Gasteiger partial charge on any atom is -0.497 e. The molecule has 2 aromatic carbocycles. The van der Waals surface area contributed by atoms with Gasteiger partial charge in [-0.1, -0.05) is 36.4 Å². The van der Waals surface area contributed by atoms with Crippen LogP contribution in [0.2, 0.25) is 0 Å². The molecule has 0 radical (unpaired) electrons. The van der Waals surface area contributed by atoms with Crippen molar-refractivity contribution >= 4 is 17.5 Å². The van der Waals surface area contributed by atoms with Crippen LogP contribution in [0.4, 0.5) is 17.5 Å². The Labute approximate surface area is 166 Å². The number of piperidine rings is 1. The van der Waals surface area contributed by atoms with Crippen LogP contribution in [-0.2, 0) is 6.42 Å². The lowest BCUT2D eigenvalue weighted by molar-refractivity contribution is 0.400. The van der Waals surface area contributed by atoms with Crippen molar-refractivity contribution in [1.82, 2.24) is 9.97 Å². The number of benzene rings is 2. The van der Waals surface area contributed by atoms with Crippen LogP contribution in [0.5, 0.6) is 5.75 Å². The molecule has 3 aromatic rings. The van der Waals surface area contributed by atoms with Crippen molar-refractivity contribution in [2.24, 2.45) is 5.92 Å². The van der Waals surface area contributed by atoms with Gasteiger partial charge in [0.25, 0.3) is 0 Å². The van der Waals surface area contributed by atoms with Crippen LogP contribution in [0.15, 0.2) is 66.9 Å². The SMILES string of the molecule is COc1cccc(Nc2ccnc(N3CCC(Cc4ccccc4)CC3)n2)c1. The van der Waals surface area contributed by atoms with Crippen molar-refractivity contribution in [3.05, 3.63) is 72.4 Å². The number of nitrogens with zero attached hydrogens (tertiary/aromatic N) is 3. The summed E-state index contributed by atoms with van der Waals surface area (Å²) >= 11 is 0. The molecule has 0 saturated carbocycles. The van der Waals surface area contributed by atoms with Gasteiger partial charge in [-0.25, -0.2) is 4.98 Å². The number of hydrogen-bond acceptors (Lipinski definition) is 5. The van der Waals surface area contributed by atoms with Crippen molar-refractivity contribution < 1.29 is 4.74 Å². The van der Waals surface area contributed by atoms with E-state index in [0.717, 1.165) is 48.6 Å². The largest absolute Gasteiger partial charge is 0.497 e. The van der Waals surface area contributed by atoms with Gasteiger partial charge in [-0.2, -0.15) is 4.98 Å². The van der Waals surface area contributed by atoms with E-state index in [2.05, 4.69) is 45.5 Å².